The summed E-state index contributed by atoms with van der Waals surface area (Å²) < 4.78 is 19.6. The molecule has 1 aliphatic carbocycles. The van der Waals surface area contributed by atoms with Crippen LogP contribution in [0.2, 0.25) is 0 Å². The van der Waals surface area contributed by atoms with Crippen molar-refractivity contribution >= 4 is 0 Å². The molecule has 4 atom stereocenters. The summed E-state index contributed by atoms with van der Waals surface area (Å²) in [6, 6.07) is 14.6. The maximum atomic E-state index is 13.6. The molecule has 2 aromatic rings. The Morgan fingerprint density at radius 3 is 2.43 bits per heavy atom. The summed E-state index contributed by atoms with van der Waals surface area (Å²) in [6.45, 7) is 2.35. The van der Waals surface area contributed by atoms with Crippen LogP contribution in [-0.4, -0.2) is 47.5 Å². The topological polar surface area (TPSA) is 52.9 Å². The van der Waals surface area contributed by atoms with E-state index in [0.717, 1.165) is 32.4 Å². The van der Waals surface area contributed by atoms with Crippen LogP contribution in [0.15, 0.2) is 48.5 Å². The van der Waals surface area contributed by atoms with Crippen LogP contribution < -0.4 is 0 Å². The number of hydrogen-bond donors (Lipinski definition) is 2. The lowest BCUT2D eigenvalue weighted by Gasteiger charge is -2.30. The highest BCUT2D eigenvalue weighted by Gasteiger charge is 2.49. The van der Waals surface area contributed by atoms with E-state index in [1.165, 1.54) is 17.7 Å². The molecule has 2 unspecified atom stereocenters. The van der Waals surface area contributed by atoms with E-state index in [-0.39, 0.29) is 11.4 Å². The largest absolute Gasteiger partial charge is 0.505 e. The molecule has 1 aliphatic heterocycles. The molecule has 150 valence electrons. The van der Waals surface area contributed by atoms with Gasteiger partial charge in [0.05, 0.1) is 11.7 Å². The maximum Gasteiger partial charge on any atom is 0.165 e. The molecule has 28 heavy (non-hydrogen) atoms. The molecule has 2 fully saturated rings. The summed E-state index contributed by atoms with van der Waals surface area (Å²) in [5.41, 5.74) is 1.72. The van der Waals surface area contributed by atoms with E-state index in [0.29, 0.717) is 23.9 Å². The molecular weight excluding hydrogens is 357 g/mol. The van der Waals surface area contributed by atoms with Gasteiger partial charge in [0.2, 0.25) is 0 Å². The Balaban J connectivity index is 1.36. The number of rotatable bonds is 6. The van der Waals surface area contributed by atoms with Gasteiger partial charge in [0, 0.05) is 33.2 Å². The molecule has 2 aliphatic rings. The zero-order chi connectivity index (χ0) is 19.7. The van der Waals surface area contributed by atoms with E-state index in [1.54, 1.807) is 6.07 Å². The number of aliphatic hydroxyl groups excluding tert-OH is 1. The van der Waals surface area contributed by atoms with Crippen LogP contribution in [0, 0.1) is 17.7 Å². The van der Waals surface area contributed by atoms with Gasteiger partial charge in [0.1, 0.15) is 0 Å². The number of phenols is 1. The second-order valence-electron chi connectivity index (χ2n) is 8.42. The molecule has 1 saturated heterocycles. The number of methoxy groups -OCH3 is 1. The normalized spacial score (nSPS) is 28.4. The Kier molecular flexibility index (Phi) is 5.41. The molecule has 2 aromatic carbocycles. The Morgan fingerprint density at radius 2 is 1.82 bits per heavy atom. The smallest absolute Gasteiger partial charge is 0.165 e. The van der Waals surface area contributed by atoms with E-state index in [1.807, 2.05) is 13.2 Å². The molecule has 4 nitrogen and oxygen atoms in total. The van der Waals surface area contributed by atoms with Gasteiger partial charge in [-0.3, -0.25) is 4.90 Å². The fraction of sp³-hybridized carbons (Fsp3) is 0.478. The van der Waals surface area contributed by atoms with Crippen LogP contribution in [0.25, 0.3) is 0 Å². The number of aromatic hydroxyl groups is 1. The molecule has 1 heterocycles. The predicted molar refractivity (Wildman–Crippen MR) is 106 cm³/mol. The Morgan fingerprint density at radius 1 is 1.14 bits per heavy atom. The number of β-amino-alcohol motifs (C(OH)–C–C–N with tert-alkyl or cyclic N) is 1. The van der Waals surface area contributed by atoms with Crippen LogP contribution in [0.3, 0.4) is 0 Å². The Hall–Kier alpha value is -1.95. The minimum atomic E-state index is -0.759. The van der Waals surface area contributed by atoms with Crippen molar-refractivity contribution in [2.24, 2.45) is 11.8 Å². The van der Waals surface area contributed by atoms with Gasteiger partial charge in [-0.2, -0.15) is 0 Å². The monoisotopic (exact) mass is 385 g/mol. The number of hydrogen-bond acceptors (Lipinski definition) is 4. The average Bonchev–Trinajstić information content (AvgIpc) is 3.20. The number of benzene rings is 2. The van der Waals surface area contributed by atoms with Gasteiger partial charge < -0.3 is 14.9 Å². The highest BCUT2D eigenvalue weighted by Crippen LogP contribution is 2.47. The zero-order valence-electron chi connectivity index (χ0n) is 16.2. The summed E-state index contributed by atoms with van der Waals surface area (Å²) in [5, 5.41) is 19.8. The molecule has 0 aromatic heterocycles. The standard InChI is InChI=1S/C23H28FNO3/c1-28-23(10-16-5-3-2-4-6-16)11-18-13-25(14-19(18)12-23)15-22(27)17-7-8-21(26)20(24)9-17/h2-9,18-19,22,26-27H,10-15H2,1H3/t18-,19+,22?,23?. The Bertz CT molecular complexity index is 799. The molecule has 0 bridgehead atoms. The lowest BCUT2D eigenvalue weighted by molar-refractivity contribution is -0.0141. The Labute approximate surface area is 165 Å². The molecule has 2 N–H and O–H groups in total. The lowest BCUT2D eigenvalue weighted by atomic mass is 9.91. The molecule has 4 rings (SSSR count). The molecule has 0 amide bonds. The first kappa shape index (κ1) is 19.4. The second kappa shape index (κ2) is 7.82. The summed E-state index contributed by atoms with van der Waals surface area (Å²) in [6.07, 6.45) is 2.24. The first-order valence-electron chi connectivity index (χ1n) is 9.96. The van der Waals surface area contributed by atoms with Crippen molar-refractivity contribution in [2.75, 3.05) is 26.7 Å². The number of phenolic OH excluding ortho intramolecular Hbond substituents is 1. The highest BCUT2D eigenvalue weighted by molar-refractivity contribution is 5.29. The molecule has 0 radical (unpaired) electrons. The van der Waals surface area contributed by atoms with Gasteiger partial charge in [-0.1, -0.05) is 36.4 Å². The van der Waals surface area contributed by atoms with Crippen LogP contribution in [0.4, 0.5) is 4.39 Å². The van der Waals surface area contributed by atoms with Gasteiger partial charge in [-0.05, 0) is 47.9 Å². The van der Waals surface area contributed by atoms with Crippen molar-refractivity contribution in [3.63, 3.8) is 0 Å². The van der Waals surface area contributed by atoms with E-state index in [9.17, 15) is 14.6 Å². The van der Waals surface area contributed by atoms with Crippen LogP contribution in [0.1, 0.15) is 30.1 Å². The summed E-state index contributed by atoms with van der Waals surface area (Å²) in [7, 11) is 1.82. The quantitative estimate of drug-likeness (QED) is 0.799. The van der Waals surface area contributed by atoms with E-state index < -0.39 is 11.9 Å². The van der Waals surface area contributed by atoms with Gasteiger partial charge >= 0.3 is 0 Å². The first-order chi connectivity index (χ1) is 13.5. The van der Waals surface area contributed by atoms with E-state index in [4.69, 9.17) is 4.74 Å². The third-order valence-corrected chi connectivity index (χ3v) is 6.51. The van der Waals surface area contributed by atoms with Crippen molar-refractivity contribution in [2.45, 2.75) is 31.0 Å². The number of ether oxygens (including phenoxy) is 1. The lowest BCUT2D eigenvalue weighted by Crippen LogP contribution is -2.35. The first-order valence-corrected chi connectivity index (χ1v) is 9.96. The number of likely N-dealkylation sites (tertiary alicyclic amines) is 1. The summed E-state index contributed by atoms with van der Waals surface area (Å²) in [5.74, 6) is 0.0430. The van der Waals surface area contributed by atoms with Crippen molar-refractivity contribution in [1.82, 2.24) is 4.90 Å². The third-order valence-electron chi connectivity index (χ3n) is 6.51. The van der Waals surface area contributed by atoms with E-state index >= 15 is 0 Å². The summed E-state index contributed by atoms with van der Waals surface area (Å²) in [4.78, 5) is 2.27. The number of nitrogens with zero attached hydrogens (tertiary/aromatic N) is 1. The number of halogens is 1. The van der Waals surface area contributed by atoms with Crippen molar-refractivity contribution in [3.8, 4) is 5.75 Å². The SMILES string of the molecule is COC1(Cc2ccccc2)C[C@H]2CN(CC(O)c3ccc(O)c(F)c3)C[C@H]2C1. The van der Waals surface area contributed by atoms with Crippen LogP contribution >= 0.6 is 0 Å². The minimum absolute atomic E-state index is 0.0958. The summed E-state index contributed by atoms with van der Waals surface area (Å²) >= 11 is 0. The fourth-order valence-corrected chi connectivity index (χ4v) is 5.12. The third kappa shape index (κ3) is 3.93. The molecule has 5 heteroatoms. The van der Waals surface area contributed by atoms with Gasteiger partial charge in [-0.25, -0.2) is 4.39 Å². The van der Waals surface area contributed by atoms with E-state index in [2.05, 4.69) is 29.2 Å². The fourth-order valence-electron chi connectivity index (χ4n) is 5.12. The van der Waals surface area contributed by atoms with Crippen LogP contribution in [0.5, 0.6) is 5.75 Å². The maximum absolute atomic E-state index is 13.6. The van der Waals surface area contributed by atoms with Crippen molar-refractivity contribution < 1.29 is 19.3 Å². The molecular formula is C23H28FNO3. The van der Waals surface area contributed by atoms with Gasteiger partial charge in [0.25, 0.3) is 0 Å². The van der Waals surface area contributed by atoms with Gasteiger partial charge in [0.15, 0.2) is 11.6 Å². The highest BCUT2D eigenvalue weighted by atomic mass is 19.1. The molecule has 0 spiro atoms. The molecule has 1 saturated carbocycles. The zero-order valence-corrected chi connectivity index (χ0v) is 16.2. The minimum Gasteiger partial charge on any atom is -0.505 e. The number of aliphatic hydroxyl groups is 1. The van der Waals surface area contributed by atoms with Gasteiger partial charge in [-0.15, -0.1) is 0 Å². The number of fused-ring (bicyclic) bond motifs is 1. The second-order valence-corrected chi connectivity index (χ2v) is 8.42. The average molecular weight is 385 g/mol. The van der Waals surface area contributed by atoms with Crippen molar-refractivity contribution in [1.29, 1.82) is 0 Å². The van der Waals surface area contributed by atoms with Crippen LogP contribution in [-0.2, 0) is 11.2 Å². The predicted octanol–water partition coefficient (Wildman–Crippen LogP) is 3.53. The van der Waals surface area contributed by atoms with Crippen molar-refractivity contribution in [3.05, 3.63) is 65.5 Å².